The molecule has 1 aromatic carbocycles. The molecule has 2 fully saturated rings. The van der Waals surface area contributed by atoms with Gasteiger partial charge in [-0.3, -0.25) is 9.59 Å². The topological polar surface area (TPSA) is 109 Å². The Balaban J connectivity index is 1.23. The van der Waals surface area contributed by atoms with Gasteiger partial charge in [0.15, 0.2) is 6.61 Å². The highest BCUT2D eigenvalue weighted by atomic mass is 16.5. The first kappa shape index (κ1) is 24.3. The summed E-state index contributed by atoms with van der Waals surface area (Å²) >= 11 is 0. The van der Waals surface area contributed by atoms with Crippen LogP contribution in [0.2, 0.25) is 0 Å². The number of fused-ring (bicyclic) bond motifs is 2. The van der Waals surface area contributed by atoms with Crippen molar-refractivity contribution in [1.29, 1.82) is 0 Å². The minimum Gasteiger partial charge on any atom is -0.484 e. The van der Waals surface area contributed by atoms with Gasteiger partial charge >= 0.3 is 5.63 Å². The molecular formula is C26H34N2O6. The van der Waals surface area contributed by atoms with Crippen LogP contribution >= 0.6 is 0 Å². The second-order valence-electron chi connectivity index (χ2n) is 9.52. The maximum absolute atomic E-state index is 12.6. The van der Waals surface area contributed by atoms with Crippen molar-refractivity contribution in [2.45, 2.75) is 63.9 Å². The number of carbonyl (C=O) groups is 2. The normalized spacial score (nSPS) is 22.3. The van der Waals surface area contributed by atoms with E-state index >= 15 is 0 Å². The quantitative estimate of drug-likeness (QED) is 0.575. The summed E-state index contributed by atoms with van der Waals surface area (Å²) in [6.45, 7) is 3.26. The molecule has 2 atom stereocenters. The Kier molecular flexibility index (Phi) is 7.56. The van der Waals surface area contributed by atoms with Crippen LogP contribution < -0.4 is 15.7 Å². The molecule has 0 radical (unpaired) electrons. The lowest BCUT2D eigenvalue weighted by Gasteiger charge is -2.47. The predicted molar refractivity (Wildman–Crippen MR) is 128 cm³/mol. The lowest BCUT2D eigenvalue weighted by molar-refractivity contribution is -0.143. The van der Waals surface area contributed by atoms with Gasteiger partial charge in [0.25, 0.3) is 5.91 Å². The summed E-state index contributed by atoms with van der Waals surface area (Å²) in [5, 5.41) is 14.4. The summed E-state index contributed by atoms with van der Waals surface area (Å²) in [5.74, 6) is 0.269. The molecule has 1 aliphatic heterocycles. The average Bonchev–Trinajstić information content (AvgIpc) is 2.82. The van der Waals surface area contributed by atoms with E-state index in [0.29, 0.717) is 30.8 Å². The number of aryl methyl sites for hydroxylation is 1. The van der Waals surface area contributed by atoms with Crippen LogP contribution in [0.4, 0.5) is 0 Å². The third kappa shape index (κ3) is 5.60. The van der Waals surface area contributed by atoms with E-state index in [2.05, 4.69) is 5.32 Å². The molecule has 1 aliphatic carbocycles. The molecule has 2 aliphatic rings. The Labute approximate surface area is 199 Å². The average molecular weight is 471 g/mol. The van der Waals surface area contributed by atoms with Crippen molar-refractivity contribution >= 4 is 22.8 Å². The zero-order valence-corrected chi connectivity index (χ0v) is 19.8. The Bertz CT molecular complexity index is 1100. The van der Waals surface area contributed by atoms with E-state index in [9.17, 15) is 19.5 Å². The van der Waals surface area contributed by atoms with Gasteiger partial charge in [-0.1, -0.05) is 26.2 Å². The molecule has 1 saturated heterocycles. The summed E-state index contributed by atoms with van der Waals surface area (Å²) in [6, 6.07) is 6.72. The number of nitrogens with zero attached hydrogens (tertiary/aromatic N) is 1. The first-order valence-corrected chi connectivity index (χ1v) is 12.3. The molecule has 0 bridgehead atoms. The minimum absolute atomic E-state index is 0.00119. The fourth-order valence-electron chi connectivity index (χ4n) is 5.24. The van der Waals surface area contributed by atoms with Crippen LogP contribution in [-0.4, -0.2) is 53.7 Å². The Morgan fingerprint density at radius 3 is 2.94 bits per heavy atom. The number of benzene rings is 1. The third-order valence-electron chi connectivity index (χ3n) is 7.13. The summed E-state index contributed by atoms with van der Waals surface area (Å²) in [7, 11) is 0. The lowest BCUT2D eigenvalue weighted by atomic mass is 9.71. The molecule has 184 valence electrons. The monoisotopic (exact) mass is 470 g/mol. The summed E-state index contributed by atoms with van der Waals surface area (Å²) in [5.41, 5.74) is 0.358. The van der Waals surface area contributed by atoms with Gasteiger partial charge in [0, 0.05) is 49.5 Å². The van der Waals surface area contributed by atoms with Crippen LogP contribution in [0.3, 0.4) is 0 Å². The van der Waals surface area contributed by atoms with E-state index in [-0.39, 0.29) is 37.3 Å². The molecule has 2 aromatic rings. The molecule has 8 heteroatoms. The van der Waals surface area contributed by atoms with Crippen molar-refractivity contribution in [2.75, 3.05) is 26.2 Å². The zero-order valence-electron chi connectivity index (χ0n) is 19.8. The molecule has 2 N–H and O–H groups in total. The van der Waals surface area contributed by atoms with Crippen LogP contribution in [0.15, 0.2) is 33.5 Å². The van der Waals surface area contributed by atoms with Gasteiger partial charge in [-0.15, -0.1) is 0 Å². The molecule has 2 heterocycles. The molecule has 8 nitrogen and oxygen atoms in total. The largest absolute Gasteiger partial charge is 0.484 e. The fourth-order valence-corrected chi connectivity index (χ4v) is 5.24. The van der Waals surface area contributed by atoms with Crippen molar-refractivity contribution in [3.05, 3.63) is 40.2 Å². The van der Waals surface area contributed by atoms with Crippen LogP contribution in [-0.2, 0) is 16.0 Å². The smallest absolute Gasteiger partial charge is 0.336 e. The van der Waals surface area contributed by atoms with Crippen molar-refractivity contribution in [3.8, 4) is 5.75 Å². The number of amides is 2. The highest BCUT2D eigenvalue weighted by Gasteiger charge is 2.43. The number of nitrogens with one attached hydrogen (secondary N) is 1. The first-order chi connectivity index (χ1) is 16.4. The molecular weight excluding hydrogens is 436 g/mol. The minimum atomic E-state index is -0.608. The van der Waals surface area contributed by atoms with Gasteiger partial charge < -0.3 is 24.5 Å². The van der Waals surface area contributed by atoms with Crippen LogP contribution in [0.5, 0.6) is 5.75 Å². The molecule has 2 amide bonds. The SMILES string of the molecule is CCCc1cc(=O)oc2cc(OCC(=O)NCCC(=O)N3CCC4(O)CCCCC4C3)ccc12. The molecule has 0 spiro atoms. The van der Waals surface area contributed by atoms with E-state index in [1.807, 2.05) is 17.9 Å². The van der Waals surface area contributed by atoms with Gasteiger partial charge in [-0.25, -0.2) is 4.79 Å². The number of piperidine rings is 1. The number of aliphatic hydroxyl groups is 1. The summed E-state index contributed by atoms with van der Waals surface area (Å²) < 4.78 is 10.9. The number of rotatable bonds is 8. The van der Waals surface area contributed by atoms with Crippen molar-refractivity contribution in [3.63, 3.8) is 0 Å². The maximum Gasteiger partial charge on any atom is 0.336 e. The Hall–Kier alpha value is -2.87. The van der Waals surface area contributed by atoms with E-state index in [1.54, 1.807) is 12.1 Å². The maximum atomic E-state index is 12.6. The summed E-state index contributed by atoms with van der Waals surface area (Å²) in [6.07, 6.45) is 6.51. The molecule has 1 aromatic heterocycles. The molecule has 34 heavy (non-hydrogen) atoms. The third-order valence-corrected chi connectivity index (χ3v) is 7.13. The highest BCUT2D eigenvalue weighted by Crippen LogP contribution is 2.39. The standard InChI is InChI=1S/C26H34N2O6/c1-2-5-18-14-25(31)34-22-15-20(7-8-21(18)22)33-17-23(29)27-12-9-24(30)28-13-11-26(32)10-4-3-6-19(26)16-28/h7-8,14-15,19,32H,2-6,9-13,16-17H2,1H3,(H,27,29). The number of hydrogen-bond donors (Lipinski definition) is 2. The number of likely N-dealkylation sites (tertiary alicyclic amines) is 1. The van der Waals surface area contributed by atoms with Crippen molar-refractivity contribution in [1.82, 2.24) is 10.2 Å². The Morgan fingerprint density at radius 2 is 2.12 bits per heavy atom. The van der Waals surface area contributed by atoms with Crippen molar-refractivity contribution in [2.24, 2.45) is 5.92 Å². The Morgan fingerprint density at radius 1 is 1.26 bits per heavy atom. The van der Waals surface area contributed by atoms with Crippen LogP contribution in [0, 0.1) is 5.92 Å². The van der Waals surface area contributed by atoms with E-state index in [1.165, 1.54) is 6.07 Å². The summed E-state index contributed by atoms with van der Waals surface area (Å²) in [4.78, 5) is 38.4. The lowest BCUT2D eigenvalue weighted by Crippen LogP contribution is -2.54. The molecule has 2 unspecified atom stereocenters. The van der Waals surface area contributed by atoms with Gasteiger partial charge in [0.2, 0.25) is 5.91 Å². The zero-order chi connectivity index (χ0) is 24.1. The second-order valence-corrected chi connectivity index (χ2v) is 9.52. The fraction of sp³-hybridized carbons (Fsp3) is 0.577. The van der Waals surface area contributed by atoms with E-state index < -0.39 is 11.2 Å². The van der Waals surface area contributed by atoms with E-state index in [4.69, 9.17) is 9.15 Å². The second kappa shape index (κ2) is 10.6. The van der Waals surface area contributed by atoms with Gasteiger partial charge in [0.05, 0.1) is 5.60 Å². The van der Waals surface area contributed by atoms with Crippen molar-refractivity contribution < 1.29 is 23.8 Å². The van der Waals surface area contributed by atoms with Crippen LogP contribution in [0.1, 0.15) is 57.4 Å². The predicted octanol–water partition coefficient (Wildman–Crippen LogP) is 2.78. The van der Waals surface area contributed by atoms with Gasteiger partial charge in [-0.2, -0.15) is 0 Å². The first-order valence-electron chi connectivity index (χ1n) is 12.3. The van der Waals surface area contributed by atoms with Crippen LogP contribution in [0.25, 0.3) is 11.0 Å². The van der Waals surface area contributed by atoms with Gasteiger partial charge in [0.1, 0.15) is 11.3 Å². The number of carbonyl (C=O) groups excluding carboxylic acids is 2. The van der Waals surface area contributed by atoms with E-state index in [0.717, 1.165) is 49.5 Å². The molecule has 4 rings (SSSR count). The number of ether oxygens (including phenoxy) is 1. The highest BCUT2D eigenvalue weighted by molar-refractivity contribution is 5.82. The number of hydrogen-bond acceptors (Lipinski definition) is 6. The van der Waals surface area contributed by atoms with Gasteiger partial charge in [-0.05, 0) is 43.4 Å². The molecule has 1 saturated carbocycles.